The summed E-state index contributed by atoms with van der Waals surface area (Å²) in [6.07, 6.45) is 1.14. The Bertz CT molecular complexity index is 659. The van der Waals surface area contributed by atoms with Gasteiger partial charge in [-0.05, 0) is 30.5 Å². The van der Waals surface area contributed by atoms with E-state index in [2.05, 4.69) is 0 Å². The van der Waals surface area contributed by atoms with Crippen LogP contribution in [-0.4, -0.2) is 73.9 Å². The SMILES string of the molecule is CSc1ccc(C(=O)N2C[C@@H](CS(=O)(=O)N(C)C)[C@H](O)C2)cc1. The van der Waals surface area contributed by atoms with Crippen molar-refractivity contribution >= 4 is 27.7 Å². The number of carbonyl (C=O) groups excluding carboxylic acids is 1. The molecule has 1 amide bonds. The fraction of sp³-hybridized carbons (Fsp3) is 0.533. The van der Waals surface area contributed by atoms with Crippen LogP contribution < -0.4 is 0 Å². The number of hydrogen-bond donors (Lipinski definition) is 1. The lowest BCUT2D eigenvalue weighted by Crippen LogP contribution is -2.33. The number of β-amino-alcohol motifs (C(OH)–C–C–N with tert-alkyl or cyclic N) is 1. The van der Waals surface area contributed by atoms with E-state index in [4.69, 9.17) is 0 Å². The van der Waals surface area contributed by atoms with Crippen molar-refractivity contribution in [3.8, 4) is 0 Å². The minimum Gasteiger partial charge on any atom is -0.391 e. The second-order valence-electron chi connectivity index (χ2n) is 5.83. The molecule has 1 N–H and O–H groups in total. The predicted octanol–water partition coefficient (Wildman–Crippen LogP) is 0.733. The first-order valence-electron chi connectivity index (χ1n) is 7.26. The van der Waals surface area contributed by atoms with Gasteiger partial charge >= 0.3 is 0 Å². The molecule has 0 radical (unpaired) electrons. The third-order valence-electron chi connectivity index (χ3n) is 4.01. The molecule has 0 unspecified atom stereocenters. The highest BCUT2D eigenvalue weighted by molar-refractivity contribution is 7.98. The predicted molar refractivity (Wildman–Crippen MR) is 91.1 cm³/mol. The number of rotatable bonds is 5. The van der Waals surface area contributed by atoms with E-state index < -0.39 is 22.0 Å². The first-order chi connectivity index (χ1) is 10.7. The molecule has 1 heterocycles. The normalized spacial score (nSPS) is 21.9. The van der Waals surface area contributed by atoms with Crippen LogP contribution in [0, 0.1) is 5.92 Å². The molecular weight excluding hydrogens is 336 g/mol. The van der Waals surface area contributed by atoms with Crippen LogP contribution in [0.1, 0.15) is 10.4 Å². The molecule has 23 heavy (non-hydrogen) atoms. The Labute approximate surface area is 141 Å². The van der Waals surface area contributed by atoms with Crippen LogP contribution in [0.2, 0.25) is 0 Å². The van der Waals surface area contributed by atoms with Gasteiger partial charge in [-0.1, -0.05) is 0 Å². The third kappa shape index (κ3) is 4.26. The Balaban J connectivity index is 2.06. The summed E-state index contributed by atoms with van der Waals surface area (Å²) in [5.74, 6) is -0.797. The first kappa shape index (κ1) is 18.3. The van der Waals surface area contributed by atoms with Gasteiger partial charge in [0, 0.05) is 43.6 Å². The number of nitrogens with zero attached hydrogens (tertiary/aromatic N) is 2. The number of benzene rings is 1. The smallest absolute Gasteiger partial charge is 0.253 e. The van der Waals surface area contributed by atoms with Crippen LogP contribution in [0.25, 0.3) is 0 Å². The van der Waals surface area contributed by atoms with Crippen molar-refractivity contribution in [1.29, 1.82) is 0 Å². The number of thioether (sulfide) groups is 1. The molecular formula is C15H22N2O4S2. The first-order valence-corrected chi connectivity index (χ1v) is 10.1. The second kappa shape index (κ2) is 7.21. The third-order valence-corrected chi connectivity index (χ3v) is 6.72. The van der Waals surface area contributed by atoms with Gasteiger partial charge in [0.2, 0.25) is 10.0 Å². The lowest BCUT2D eigenvalue weighted by atomic mass is 10.1. The topological polar surface area (TPSA) is 77.9 Å². The van der Waals surface area contributed by atoms with Gasteiger partial charge in [0.25, 0.3) is 5.91 Å². The van der Waals surface area contributed by atoms with Crippen molar-refractivity contribution in [2.24, 2.45) is 5.92 Å². The average Bonchev–Trinajstić information content (AvgIpc) is 2.87. The second-order valence-corrected chi connectivity index (χ2v) is 8.93. The summed E-state index contributed by atoms with van der Waals surface area (Å²) >= 11 is 1.60. The van der Waals surface area contributed by atoms with E-state index in [1.807, 2.05) is 18.4 Å². The maximum atomic E-state index is 12.5. The molecule has 1 aliphatic heterocycles. The highest BCUT2D eigenvalue weighted by Crippen LogP contribution is 2.23. The number of aliphatic hydroxyl groups is 1. The van der Waals surface area contributed by atoms with E-state index in [1.165, 1.54) is 19.0 Å². The van der Waals surface area contributed by atoms with Crippen molar-refractivity contribution in [1.82, 2.24) is 9.21 Å². The monoisotopic (exact) mass is 358 g/mol. The summed E-state index contributed by atoms with van der Waals surface area (Å²) in [5.41, 5.74) is 0.547. The molecule has 2 atom stereocenters. The minimum atomic E-state index is -3.40. The summed E-state index contributed by atoms with van der Waals surface area (Å²) in [5, 5.41) is 10.1. The molecule has 0 saturated carbocycles. The largest absolute Gasteiger partial charge is 0.391 e. The number of aliphatic hydroxyl groups excluding tert-OH is 1. The van der Waals surface area contributed by atoms with Crippen molar-refractivity contribution < 1.29 is 18.3 Å². The fourth-order valence-corrected chi connectivity index (χ4v) is 4.09. The summed E-state index contributed by atoms with van der Waals surface area (Å²) < 4.78 is 25.1. The number of amides is 1. The average molecular weight is 358 g/mol. The van der Waals surface area contributed by atoms with E-state index in [-0.39, 0.29) is 24.7 Å². The Hall–Kier alpha value is -1.09. The number of sulfonamides is 1. The fourth-order valence-electron chi connectivity index (χ4n) is 2.52. The van der Waals surface area contributed by atoms with Crippen molar-refractivity contribution in [3.63, 3.8) is 0 Å². The molecule has 1 aliphatic rings. The van der Waals surface area contributed by atoms with Crippen molar-refractivity contribution in [2.45, 2.75) is 11.0 Å². The van der Waals surface area contributed by atoms with Crippen molar-refractivity contribution in [3.05, 3.63) is 29.8 Å². The molecule has 1 aromatic rings. The number of likely N-dealkylation sites (tertiary alicyclic amines) is 1. The number of hydrogen-bond acceptors (Lipinski definition) is 5. The molecule has 0 aromatic heterocycles. The highest BCUT2D eigenvalue weighted by Gasteiger charge is 2.37. The van der Waals surface area contributed by atoms with Crippen LogP contribution in [0.15, 0.2) is 29.2 Å². The number of carbonyl (C=O) groups is 1. The van der Waals surface area contributed by atoms with Gasteiger partial charge in [-0.15, -0.1) is 11.8 Å². The van der Waals surface area contributed by atoms with E-state index in [0.717, 1.165) is 9.20 Å². The van der Waals surface area contributed by atoms with Gasteiger partial charge < -0.3 is 10.0 Å². The Morgan fingerprint density at radius 3 is 2.43 bits per heavy atom. The van der Waals surface area contributed by atoms with Gasteiger partial charge in [0.1, 0.15) is 0 Å². The van der Waals surface area contributed by atoms with E-state index >= 15 is 0 Å². The van der Waals surface area contributed by atoms with Crippen LogP contribution in [0.3, 0.4) is 0 Å². The highest BCUT2D eigenvalue weighted by atomic mass is 32.2. The molecule has 1 saturated heterocycles. The van der Waals surface area contributed by atoms with Gasteiger partial charge in [0.15, 0.2) is 0 Å². The maximum Gasteiger partial charge on any atom is 0.253 e. The maximum absolute atomic E-state index is 12.5. The van der Waals surface area contributed by atoms with Crippen LogP contribution >= 0.6 is 11.8 Å². The van der Waals surface area contributed by atoms with E-state index in [1.54, 1.807) is 23.9 Å². The van der Waals surface area contributed by atoms with Crippen LogP contribution in [-0.2, 0) is 10.0 Å². The zero-order valence-electron chi connectivity index (χ0n) is 13.5. The Morgan fingerprint density at radius 1 is 1.30 bits per heavy atom. The van der Waals surface area contributed by atoms with E-state index in [9.17, 15) is 18.3 Å². The van der Waals surface area contributed by atoms with Crippen LogP contribution in [0.5, 0.6) is 0 Å². The Kier molecular flexibility index (Phi) is 5.72. The summed E-state index contributed by atoms with van der Waals surface area (Å²) in [6, 6.07) is 7.26. The molecule has 2 rings (SSSR count). The lowest BCUT2D eigenvalue weighted by molar-refractivity contribution is 0.0764. The van der Waals surface area contributed by atoms with Gasteiger partial charge in [0.05, 0.1) is 11.9 Å². The van der Waals surface area contributed by atoms with Crippen molar-refractivity contribution in [2.75, 3.05) is 39.2 Å². The molecule has 6 nitrogen and oxygen atoms in total. The van der Waals surface area contributed by atoms with Crippen LogP contribution in [0.4, 0.5) is 0 Å². The zero-order valence-corrected chi connectivity index (χ0v) is 15.1. The quantitative estimate of drug-likeness (QED) is 0.785. The molecule has 0 spiro atoms. The minimum absolute atomic E-state index is 0.156. The van der Waals surface area contributed by atoms with Gasteiger partial charge in [-0.25, -0.2) is 12.7 Å². The molecule has 0 bridgehead atoms. The molecule has 0 aliphatic carbocycles. The molecule has 1 aromatic carbocycles. The summed E-state index contributed by atoms with van der Waals surface area (Å²) in [4.78, 5) is 15.1. The standard InChI is InChI=1S/C15H22N2O4S2/c1-16(2)23(20,21)10-12-8-17(9-14(12)18)15(19)11-4-6-13(22-3)7-5-11/h4-7,12,14,18H,8-10H2,1-3H3/t12-,14+/m0/s1. The zero-order chi connectivity index (χ0) is 17.2. The van der Waals surface area contributed by atoms with E-state index in [0.29, 0.717) is 5.56 Å². The molecule has 128 valence electrons. The summed E-state index contributed by atoms with van der Waals surface area (Å²) in [6.45, 7) is 0.411. The molecule has 1 fully saturated rings. The molecule has 8 heteroatoms. The summed E-state index contributed by atoms with van der Waals surface area (Å²) in [7, 11) is -0.474. The Morgan fingerprint density at radius 2 is 1.91 bits per heavy atom. The lowest BCUT2D eigenvalue weighted by Gasteiger charge is -2.18. The van der Waals surface area contributed by atoms with Gasteiger partial charge in [-0.2, -0.15) is 0 Å². The van der Waals surface area contributed by atoms with Gasteiger partial charge in [-0.3, -0.25) is 4.79 Å².